The van der Waals surface area contributed by atoms with E-state index in [-0.39, 0.29) is 11.9 Å². The summed E-state index contributed by atoms with van der Waals surface area (Å²) >= 11 is 3.41. The van der Waals surface area contributed by atoms with Crippen molar-refractivity contribution in [3.05, 3.63) is 22.2 Å². The van der Waals surface area contributed by atoms with Crippen LogP contribution in [-0.4, -0.2) is 38.8 Å². The minimum absolute atomic E-state index is 0.108. The number of nitrogens with one attached hydrogen (secondary N) is 2. The molecule has 1 aliphatic heterocycles. The van der Waals surface area contributed by atoms with E-state index in [9.17, 15) is 4.79 Å². The van der Waals surface area contributed by atoms with Gasteiger partial charge in [0.2, 0.25) is 5.91 Å². The molecule has 0 bridgehead atoms. The normalized spacial score (nSPS) is 19.0. The Hall–Kier alpha value is -1.11. The minimum Gasteiger partial charge on any atom is -0.495 e. The fraction of sp³-hybridized carbons (Fsp3) is 0.462. The second kappa shape index (κ2) is 6.36. The maximum atomic E-state index is 12.2. The van der Waals surface area contributed by atoms with E-state index in [4.69, 9.17) is 9.47 Å². The molecule has 1 unspecified atom stereocenters. The predicted molar refractivity (Wildman–Crippen MR) is 76.7 cm³/mol. The van der Waals surface area contributed by atoms with Gasteiger partial charge in [-0.2, -0.15) is 0 Å². The smallest absolute Gasteiger partial charge is 0.244 e. The van der Waals surface area contributed by atoms with E-state index in [0.717, 1.165) is 10.0 Å². The maximum Gasteiger partial charge on any atom is 0.244 e. The molecule has 1 heterocycles. The molecule has 1 amide bonds. The monoisotopic (exact) mass is 328 g/mol. The third kappa shape index (κ3) is 3.46. The Kier molecular flexibility index (Phi) is 4.79. The van der Waals surface area contributed by atoms with Gasteiger partial charge in [-0.3, -0.25) is 4.79 Å². The molecule has 1 aromatic rings. The van der Waals surface area contributed by atoms with Gasteiger partial charge >= 0.3 is 0 Å². The van der Waals surface area contributed by atoms with Crippen LogP contribution in [0.15, 0.2) is 16.6 Å². The lowest BCUT2D eigenvalue weighted by atomic mass is 10.1. The Balaban J connectivity index is 2.15. The van der Waals surface area contributed by atoms with Crippen LogP contribution in [0.5, 0.6) is 5.75 Å². The number of aryl methyl sites for hydroxylation is 1. The molecule has 0 spiro atoms. The molecule has 5 nitrogen and oxygen atoms in total. The highest BCUT2D eigenvalue weighted by Gasteiger charge is 2.22. The number of amides is 1. The second-order valence-electron chi connectivity index (χ2n) is 4.37. The van der Waals surface area contributed by atoms with Gasteiger partial charge in [0.15, 0.2) is 0 Å². The lowest BCUT2D eigenvalue weighted by Gasteiger charge is -2.23. The molecule has 1 fully saturated rings. The molecule has 1 atom stereocenters. The van der Waals surface area contributed by atoms with Gasteiger partial charge in [0.25, 0.3) is 0 Å². The summed E-state index contributed by atoms with van der Waals surface area (Å²) in [4.78, 5) is 12.2. The molecule has 0 aromatic heterocycles. The maximum absolute atomic E-state index is 12.2. The molecule has 104 valence electrons. The van der Waals surface area contributed by atoms with Crippen LogP contribution in [0.1, 0.15) is 5.56 Å². The number of morpholine rings is 1. The first-order chi connectivity index (χ1) is 9.11. The zero-order chi connectivity index (χ0) is 13.8. The minimum atomic E-state index is -0.318. The number of rotatable bonds is 3. The summed E-state index contributed by atoms with van der Waals surface area (Å²) in [6.07, 6.45) is 0. The summed E-state index contributed by atoms with van der Waals surface area (Å²) in [5.41, 5.74) is 1.64. The van der Waals surface area contributed by atoms with Crippen LogP contribution in [0.25, 0.3) is 0 Å². The van der Waals surface area contributed by atoms with E-state index in [2.05, 4.69) is 26.6 Å². The largest absolute Gasteiger partial charge is 0.495 e. The molecule has 0 saturated carbocycles. The number of ether oxygens (including phenoxy) is 2. The molecule has 2 N–H and O–H groups in total. The van der Waals surface area contributed by atoms with Crippen molar-refractivity contribution in [1.29, 1.82) is 0 Å². The zero-order valence-electron chi connectivity index (χ0n) is 11.0. The van der Waals surface area contributed by atoms with Crippen molar-refractivity contribution < 1.29 is 14.3 Å². The summed E-state index contributed by atoms with van der Waals surface area (Å²) in [6.45, 7) is 3.65. The van der Waals surface area contributed by atoms with Gasteiger partial charge in [-0.15, -0.1) is 0 Å². The van der Waals surface area contributed by atoms with Gasteiger partial charge in [0.1, 0.15) is 11.8 Å². The molecule has 1 aromatic carbocycles. The first-order valence-electron chi connectivity index (χ1n) is 6.08. The number of hydrogen-bond acceptors (Lipinski definition) is 4. The molecular weight excluding hydrogens is 312 g/mol. The molecule has 1 aliphatic rings. The molecule has 2 rings (SSSR count). The SMILES string of the molecule is COc1cc(Br)cc(C)c1NC(=O)C1COCCN1. The van der Waals surface area contributed by atoms with Crippen LogP contribution >= 0.6 is 15.9 Å². The van der Waals surface area contributed by atoms with Crippen molar-refractivity contribution in [1.82, 2.24) is 5.32 Å². The Morgan fingerprint density at radius 1 is 1.58 bits per heavy atom. The molecule has 0 radical (unpaired) electrons. The summed E-state index contributed by atoms with van der Waals surface area (Å²) in [5, 5.41) is 6.02. The standard InChI is InChI=1S/C13H17BrN2O3/c1-8-5-9(14)6-11(18-2)12(8)16-13(17)10-7-19-4-3-15-10/h5-6,10,15H,3-4,7H2,1-2H3,(H,16,17). The average Bonchev–Trinajstić information content (AvgIpc) is 2.42. The summed E-state index contributed by atoms with van der Waals surface area (Å²) in [6, 6.07) is 3.44. The van der Waals surface area contributed by atoms with Crippen molar-refractivity contribution in [2.45, 2.75) is 13.0 Å². The van der Waals surface area contributed by atoms with Gasteiger partial charge in [0, 0.05) is 11.0 Å². The quantitative estimate of drug-likeness (QED) is 0.886. The second-order valence-corrected chi connectivity index (χ2v) is 5.29. The van der Waals surface area contributed by atoms with Gasteiger partial charge in [0.05, 0.1) is 26.0 Å². The molecule has 19 heavy (non-hydrogen) atoms. The van der Waals surface area contributed by atoms with E-state index in [1.54, 1.807) is 7.11 Å². The highest BCUT2D eigenvalue weighted by Crippen LogP contribution is 2.32. The Bertz CT molecular complexity index is 473. The first-order valence-corrected chi connectivity index (χ1v) is 6.87. The third-order valence-corrected chi connectivity index (χ3v) is 3.43. The molecule has 6 heteroatoms. The van der Waals surface area contributed by atoms with Crippen LogP contribution in [-0.2, 0) is 9.53 Å². The first kappa shape index (κ1) is 14.3. The lowest BCUT2D eigenvalue weighted by molar-refractivity contribution is -0.120. The van der Waals surface area contributed by atoms with Crippen LogP contribution in [0.4, 0.5) is 5.69 Å². The molecule has 1 saturated heterocycles. The Labute approximate surface area is 120 Å². The number of carbonyl (C=O) groups excluding carboxylic acids is 1. The van der Waals surface area contributed by atoms with E-state index in [1.807, 2.05) is 19.1 Å². The number of anilines is 1. The number of hydrogen-bond donors (Lipinski definition) is 2. The van der Waals surface area contributed by atoms with Gasteiger partial charge in [-0.05, 0) is 24.6 Å². The van der Waals surface area contributed by atoms with E-state index < -0.39 is 0 Å². The number of carbonyl (C=O) groups is 1. The van der Waals surface area contributed by atoms with Crippen molar-refractivity contribution in [2.24, 2.45) is 0 Å². The highest BCUT2D eigenvalue weighted by atomic mass is 79.9. The van der Waals surface area contributed by atoms with E-state index in [1.165, 1.54) is 0 Å². The lowest BCUT2D eigenvalue weighted by Crippen LogP contribution is -2.48. The van der Waals surface area contributed by atoms with E-state index in [0.29, 0.717) is 31.2 Å². The number of methoxy groups -OCH3 is 1. The Morgan fingerprint density at radius 3 is 3.00 bits per heavy atom. The summed E-state index contributed by atoms with van der Waals surface area (Å²) in [7, 11) is 1.58. The Morgan fingerprint density at radius 2 is 2.37 bits per heavy atom. The predicted octanol–water partition coefficient (Wildman–Crippen LogP) is 1.69. The van der Waals surface area contributed by atoms with Gasteiger partial charge in [-0.1, -0.05) is 15.9 Å². The average molecular weight is 329 g/mol. The third-order valence-electron chi connectivity index (χ3n) is 2.97. The molecular formula is C13H17BrN2O3. The van der Waals surface area contributed by atoms with Crippen molar-refractivity contribution in [3.63, 3.8) is 0 Å². The van der Waals surface area contributed by atoms with Crippen LogP contribution in [0.3, 0.4) is 0 Å². The summed E-state index contributed by atoms with van der Waals surface area (Å²) < 4.78 is 11.5. The number of halogens is 1. The fourth-order valence-electron chi connectivity index (χ4n) is 1.98. The number of benzene rings is 1. The van der Waals surface area contributed by atoms with Crippen molar-refractivity contribution in [2.75, 3.05) is 32.2 Å². The zero-order valence-corrected chi connectivity index (χ0v) is 12.5. The highest BCUT2D eigenvalue weighted by molar-refractivity contribution is 9.10. The van der Waals surface area contributed by atoms with Gasteiger partial charge in [-0.25, -0.2) is 0 Å². The topological polar surface area (TPSA) is 59.6 Å². The van der Waals surface area contributed by atoms with E-state index >= 15 is 0 Å². The van der Waals surface area contributed by atoms with Crippen LogP contribution in [0, 0.1) is 6.92 Å². The van der Waals surface area contributed by atoms with Crippen molar-refractivity contribution >= 4 is 27.5 Å². The van der Waals surface area contributed by atoms with Crippen LogP contribution < -0.4 is 15.4 Å². The fourth-order valence-corrected chi connectivity index (χ4v) is 2.53. The summed E-state index contributed by atoms with van der Waals surface area (Å²) in [5.74, 6) is 0.528. The molecule has 0 aliphatic carbocycles. The van der Waals surface area contributed by atoms with Crippen molar-refractivity contribution in [3.8, 4) is 5.75 Å². The van der Waals surface area contributed by atoms with Crippen LogP contribution in [0.2, 0.25) is 0 Å². The van der Waals surface area contributed by atoms with Gasteiger partial charge < -0.3 is 20.1 Å².